The highest BCUT2D eigenvalue weighted by molar-refractivity contribution is 6.30. The zero-order valence-corrected chi connectivity index (χ0v) is 12.5. The van der Waals surface area contributed by atoms with E-state index in [1.54, 1.807) is 12.1 Å². The molecular formula is C17H15ClFNO. The second-order valence-electron chi connectivity index (χ2n) is 5.22. The van der Waals surface area contributed by atoms with Crippen LogP contribution in [-0.2, 0) is 17.9 Å². The summed E-state index contributed by atoms with van der Waals surface area (Å²) >= 11 is 5.71. The number of hydrogen-bond acceptors (Lipinski definition) is 1. The predicted molar refractivity (Wildman–Crippen MR) is 81.4 cm³/mol. The summed E-state index contributed by atoms with van der Waals surface area (Å²) in [6.45, 7) is 3.16. The molecule has 4 heteroatoms. The van der Waals surface area contributed by atoms with Crippen molar-refractivity contribution in [2.75, 3.05) is 0 Å². The van der Waals surface area contributed by atoms with Gasteiger partial charge < -0.3 is 4.90 Å². The zero-order chi connectivity index (χ0) is 15.0. The first-order chi connectivity index (χ1) is 10.1. The van der Waals surface area contributed by atoms with E-state index in [0.29, 0.717) is 19.5 Å². The highest BCUT2D eigenvalue weighted by atomic mass is 35.5. The lowest BCUT2D eigenvalue weighted by Crippen LogP contribution is -2.23. The van der Waals surface area contributed by atoms with Gasteiger partial charge in [0.05, 0.1) is 5.02 Å². The summed E-state index contributed by atoms with van der Waals surface area (Å²) in [6.07, 6.45) is 0.517. The standard InChI is InChI=1S/C17H15ClFNO/c1-2-17(21)20-9-13-4-3-11(7-14(13)10-20)12-5-6-15(18)16(19)8-12/h3-8H,2,9-10H2,1H3. The molecule has 0 radical (unpaired) electrons. The quantitative estimate of drug-likeness (QED) is 0.805. The molecule has 0 saturated carbocycles. The van der Waals surface area contributed by atoms with Crippen LogP contribution in [0.25, 0.3) is 11.1 Å². The summed E-state index contributed by atoms with van der Waals surface area (Å²) in [5.41, 5.74) is 4.02. The zero-order valence-electron chi connectivity index (χ0n) is 11.7. The first kappa shape index (κ1) is 14.1. The second-order valence-corrected chi connectivity index (χ2v) is 5.62. The number of rotatable bonds is 2. The average Bonchev–Trinajstić information content (AvgIpc) is 2.92. The van der Waals surface area contributed by atoms with Crippen LogP contribution in [0.15, 0.2) is 36.4 Å². The summed E-state index contributed by atoms with van der Waals surface area (Å²) in [6, 6.07) is 10.8. The van der Waals surface area contributed by atoms with E-state index < -0.39 is 5.82 Å². The molecule has 0 aliphatic carbocycles. The molecule has 3 rings (SSSR count). The average molecular weight is 304 g/mol. The fourth-order valence-corrected chi connectivity index (χ4v) is 2.77. The molecule has 108 valence electrons. The van der Waals surface area contributed by atoms with Crippen LogP contribution in [0.1, 0.15) is 24.5 Å². The van der Waals surface area contributed by atoms with Crippen molar-refractivity contribution in [3.05, 3.63) is 58.4 Å². The molecule has 2 aromatic carbocycles. The maximum absolute atomic E-state index is 13.6. The Labute approximate surface area is 128 Å². The number of fused-ring (bicyclic) bond motifs is 1. The van der Waals surface area contributed by atoms with Crippen molar-refractivity contribution in [3.8, 4) is 11.1 Å². The number of carbonyl (C=O) groups excluding carboxylic acids is 1. The van der Waals surface area contributed by atoms with Crippen molar-refractivity contribution in [3.63, 3.8) is 0 Å². The first-order valence-corrected chi connectivity index (χ1v) is 7.31. The normalized spacial score (nSPS) is 13.4. The van der Waals surface area contributed by atoms with Crippen molar-refractivity contribution in [2.24, 2.45) is 0 Å². The van der Waals surface area contributed by atoms with E-state index in [-0.39, 0.29) is 10.9 Å². The minimum atomic E-state index is -0.419. The Hall–Kier alpha value is -1.87. The largest absolute Gasteiger partial charge is 0.334 e. The summed E-state index contributed by atoms with van der Waals surface area (Å²) in [5.74, 6) is -0.261. The Balaban J connectivity index is 1.91. The number of nitrogens with zero attached hydrogens (tertiary/aromatic N) is 1. The maximum Gasteiger partial charge on any atom is 0.222 e. The van der Waals surface area contributed by atoms with E-state index in [9.17, 15) is 9.18 Å². The molecule has 0 saturated heterocycles. The Kier molecular flexibility index (Phi) is 3.68. The van der Waals surface area contributed by atoms with Crippen LogP contribution in [0.4, 0.5) is 4.39 Å². The third-order valence-electron chi connectivity index (χ3n) is 3.84. The molecule has 0 unspecified atom stereocenters. The highest BCUT2D eigenvalue weighted by Crippen LogP contribution is 2.30. The van der Waals surface area contributed by atoms with Crippen LogP contribution in [0.3, 0.4) is 0 Å². The van der Waals surface area contributed by atoms with Gasteiger partial charge in [-0.3, -0.25) is 4.79 Å². The van der Waals surface area contributed by atoms with Gasteiger partial charge in [-0.15, -0.1) is 0 Å². The first-order valence-electron chi connectivity index (χ1n) is 6.93. The monoisotopic (exact) mass is 303 g/mol. The number of hydrogen-bond donors (Lipinski definition) is 0. The minimum Gasteiger partial charge on any atom is -0.334 e. The molecule has 2 aromatic rings. The topological polar surface area (TPSA) is 20.3 Å². The third kappa shape index (κ3) is 2.66. The highest BCUT2D eigenvalue weighted by Gasteiger charge is 2.22. The fraction of sp³-hybridized carbons (Fsp3) is 0.235. The van der Waals surface area contributed by atoms with Gasteiger partial charge in [0.2, 0.25) is 5.91 Å². The van der Waals surface area contributed by atoms with Crippen LogP contribution in [0.5, 0.6) is 0 Å². The molecule has 21 heavy (non-hydrogen) atoms. The van der Waals surface area contributed by atoms with Gasteiger partial charge in [-0.25, -0.2) is 4.39 Å². The fourth-order valence-electron chi connectivity index (χ4n) is 2.65. The Morgan fingerprint density at radius 2 is 1.81 bits per heavy atom. The maximum atomic E-state index is 13.6. The number of halogens is 2. The molecule has 0 spiro atoms. The Bertz CT molecular complexity index is 714. The van der Waals surface area contributed by atoms with Crippen LogP contribution >= 0.6 is 11.6 Å². The van der Waals surface area contributed by atoms with Crippen molar-refractivity contribution >= 4 is 17.5 Å². The lowest BCUT2D eigenvalue weighted by Gasteiger charge is -2.13. The van der Waals surface area contributed by atoms with E-state index in [4.69, 9.17) is 11.6 Å². The molecule has 2 nitrogen and oxygen atoms in total. The van der Waals surface area contributed by atoms with Crippen LogP contribution in [-0.4, -0.2) is 10.8 Å². The summed E-state index contributed by atoms with van der Waals surface area (Å²) in [4.78, 5) is 13.6. The van der Waals surface area contributed by atoms with Gasteiger partial charge in [0.25, 0.3) is 0 Å². The van der Waals surface area contributed by atoms with E-state index in [0.717, 1.165) is 22.3 Å². The van der Waals surface area contributed by atoms with Crippen LogP contribution in [0.2, 0.25) is 5.02 Å². The van der Waals surface area contributed by atoms with Gasteiger partial charge in [0, 0.05) is 19.5 Å². The smallest absolute Gasteiger partial charge is 0.222 e. The summed E-state index contributed by atoms with van der Waals surface area (Å²) in [5, 5.41) is 0.125. The molecular weight excluding hydrogens is 289 g/mol. The van der Waals surface area contributed by atoms with Crippen LogP contribution < -0.4 is 0 Å². The molecule has 1 amide bonds. The molecule has 0 fully saturated rings. The van der Waals surface area contributed by atoms with Gasteiger partial charge in [-0.05, 0) is 40.5 Å². The van der Waals surface area contributed by atoms with E-state index in [1.807, 2.05) is 30.0 Å². The van der Waals surface area contributed by atoms with E-state index >= 15 is 0 Å². The van der Waals surface area contributed by atoms with Gasteiger partial charge in [-0.1, -0.05) is 36.7 Å². The minimum absolute atomic E-state index is 0.125. The van der Waals surface area contributed by atoms with E-state index in [2.05, 4.69) is 0 Å². The number of benzene rings is 2. The lowest BCUT2D eigenvalue weighted by molar-refractivity contribution is -0.131. The molecule has 0 atom stereocenters. The second kappa shape index (κ2) is 5.49. The Morgan fingerprint density at radius 3 is 2.52 bits per heavy atom. The summed E-state index contributed by atoms with van der Waals surface area (Å²) < 4.78 is 13.6. The summed E-state index contributed by atoms with van der Waals surface area (Å²) in [7, 11) is 0. The van der Waals surface area contributed by atoms with Gasteiger partial charge >= 0.3 is 0 Å². The molecule has 0 N–H and O–H groups in total. The molecule has 0 bridgehead atoms. The van der Waals surface area contributed by atoms with E-state index in [1.165, 1.54) is 6.07 Å². The van der Waals surface area contributed by atoms with Gasteiger partial charge in [0.15, 0.2) is 0 Å². The van der Waals surface area contributed by atoms with Crippen molar-refractivity contribution < 1.29 is 9.18 Å². The lowest BCUT2D eigenvalue weighted by atomic mass is 10.0. The predicted octanol–water partition coefficient (Wildman–Crippen LogP) is 4.40. The molecule has 0 aromatic heterocycles. The van der Waals surface area contributed by atoms with Crippen molar-refractivity contribution in [1.29, 1.82) is 0 Å². The van der Waals surface area contributed by atoms with Crippen LogP contribution in [0, 0.1) is 5.82 Å². The van der Waals surface area contributed by atoms with Crippen molar-refractivity contribution in [1.82, 2.24) is 4.90 Å². The number of amides is 1. The molecule has 1 aliphatic heterocycles. The molecule has 1 aliphatic rings. The number of carbonyl (C=O) groups is 1. The Morgan fingerprint density at radius 1 is 1.14 bits per heavy atom. The van der Waals surface area contributed by atoms with Crippen molar-refractivity contribution in [2.45, 2.75) is 26.4 Å². The molecule has 1 heterocycles. The SMILES string of the molecule is CCC(=O)N1Cc2ccc(-c3ccc(Cl)c(F)c3)cc2C1. The van der Waals surface area contributed by atoms with Gasteiger partial charge in [0.1, 0.15) is 5.82 Å². The third-order valence-corrected chi connectivity index (χ3v) is 4.14. The van der Waals surface area contributed by atoms with Gasteiger partial charge in [-0.2, -0.15) is 0 Å².